The molecule has 0 radical (unpaired) electrons. The lowest BCUT2D eigenvalue weighted by molar-refractivity contribution is -0.113. The van der Waals surface area contributed by atoms with E-state index in [4.69, 9.17) is 5.73 Å². The Bertz CT molecular complexity index is 455. The Morgan fingerprint density at radius 2 is 2.06 bits per heavy atom. The number of thioether (sulfide) groups is 1. The first-order valence-electron chi connectivity index (χ1n) is 5.68. The van der Waals surface area contributed by atoms with Crippen LogP contribution >= 0.6 is 27.7 Å². The average molecular weight is 331 g/mol. The van der Waals surface area contributed by atoms with Crippen LogP contribution in [0, 0.1) is 6.92 Å². The van der Waals surface area contributed by atoms with Crippen LogP contribution in [-0.4, -0.2) is 16.4 Å². The molecule has 0 saturated carbocycles. The summed E-state index contributed by atoms with van der Waals surface area (Å²) in [6.07, 6.45) is 0. The molecule has 5 heteroatoms. The van der Waals surface area contributed by atoms with Crippen molar-refractivity contribution in [1.82, 2.24) is 0 Å². The highest BCUT2D eigenvalue weighted by atomic mass is 79.9. The molecule has 1 aromatic carbocycles. The molecule has 0 heterocycles. The maximum atomic E-state index is 11.8. The second-order valence-corrected chi connectivity index (χ2v) is 7.85. The van der Waals surface area contributed by atoms with Gasteiger partial charge in [-0.3, -0.25) is 4.79 Å². The van der Waals surface area contributed by atoms with Gasteiger partial charge in [-0.15, -0.1) is 11.8 Å². The number of hydrogen-bond donors (Lipinski definition) is 2. The Balaban J connectivity index is 2.71. The van der Waals surface area contributed by atoms with Crippen LogP contribution in [0.25, 0.3) is 0 Å². The zero-order valence-corrected chi connectivity index (χ0v) is 13.5. The molecule has 0 bridgehead atoms. The number of aryl methyl sites for hydroxylation is 1. The van der Waals surface area contributed by atoms with Crippen molar-refractivity contribution in [3.05, 3.63) is 22.2 Å². The Morgan fingerprint density at radius 1 is 1.44 bits per heavy atom. The Labute approximate surface area is 121 Å². The first-order valence-corrected chi connectivity index (χ1v) is 7.46. The van der Waals surface area contributed by atoms with Crippen LogP contribution in [0.2, 0.25) is 0 Å². The summed E-state index contributed by atoms with van der Waals surface area (Å²) in [5.41, 5.74) is 8.17. The van der Waals surface area contributed by atoms with Gasteiger partial charge in [0.05, 0.1) is 17.1 Å². The summed E-state index contributed by atoms with van der Waals surface area (Å²) in [7, 11) is 0. The van der Waals surface area contributed by atoms with Gasteiger partial charge in [-0.25, -0.2) is 0 Å². The summed E-state index contributed by atoms with van der Waals surface area (Å²) in [6, 6.07) is 3.75. The predicted octanol–water partition coefficient (Wildman–Crippen LogP) is 3.81. The third-order valence-electron chi connectivity index (χ3n) is 2.26. The number of anilines is 2. The molecule has 0 aliphatic rings. The molecule has 0 spiro atoms. The molecule has 0 fully saturated rings. The first-order chi connectivity index (χ1) is 8.19. The lowest BCUT2D eigenvalue weighted by Crippen LogP contribution is -2.19. The Hall–Kier alpha value is -0.680. The number of carbonyl (C=O) groups excluding carboxylic acids is 1. The number of rotatable bonds is 3. The molecule has 1 aromatic rings. The van der Waals surface area contributed by atoms with E-state index < -0.39 is 0 Å². The van der Waals surface area contributed by atoms with Gasteiger partial charge in [-0.05, 0) is 24.6 Å². The van der Waals surface area contributed by atoms with Crippen LogP contribution in [0.15, 0.2) is 16.6 Å². The van der Waals surface area contributed by atoms with Crippen LogP contribution in [-0.2, 0) is 4.79 Å². The van der Waals surface area contributed by atoms with Crippen molar-refractivity contribution in [2.45, 2.75) is 32.4 Å². The van der Waals surface area contributed by atoms with Gasteiger partial charge in [0.15, 0.2) is 0 Å². The standard InChI is InChI=1S/C13H19BrN2OS/c1-8-5-9(14)6-10(12(8)15)16-11(17)7-18-13(2,3)4/h5-6H,7,15H2,1-4H3,(H,16,17). The van der Waals surface area contributed by atoms with Gasteiger partial charge < -0.3 is 11.1 Å². The molecule has 0 aliphatic carbocycles. The molecule has 1 rings (SSSR count). The Kier molecular flexibility index (Phi) is 5.10. The molecule has 0 aromatic heterocycles. The van der Waals surface area contributed by atoms with E-state index in [1.807, 2.05) is 19.1 Å². The van der Waals surface area contributed by atoms with Crippen LogP contribution < -0.4 is 11.1 Å². The largest absolute Gasteiger partial charge is 0.397 e. The molecule has 3 N–H and O–H groups in total. The Morgan fingerprint density at radius 3 is 2.61 bits per heavy atom. The molecule has 3 nitrogen and oxygen atoms in total. The number of benzene rings is 1. The number of hydrogen-bond acceptors (Lipinski definition) is 3. The van der Waals surface area contributed by atoms with E-state index in [0.29, 0.717) is 17.1 Å². The molecule has 0 aliphatic heterocycles. The summed E-state index contributed by atoms with van der Waals surface area (Å²) in [6.45, 7) is 8.17. The summed E-state index contributed by atoms with van der Waals surface area (Å²) in [5.74, 6) is 0.397. The quantitative estimate of drug-likeness (QED) is 0.828. The van der Waals surface area contributed by atoms with E-state index in [0.717, 1.165) is 10.0 Å². The third kappa shape index (κ3) is 4.90. The highest BCUT2D eigenvalue weighted by Gasteiger charge is 2.14. The van der Waals surface area contributed by atoms with Gasteiger partial charge >= 0.3 is 0 Å². The molecule has 100 valence electrons. The van der Waals surface area contributed by atoms with Crippen molar-refractivity contribution < 1.29 is 4.79 Å². The van der Waals surface area contributed by atoms with Gasteiger partial charge in [-0.1, -0.05) is 36.7 Å². The lowest BCUT2D eigenvalue weighted by Gasteiger charge is -2.17. The van der Waals surface area contributed by atoms with Crippen LogP contribution in [0.3, 0.4) is 0 Å². The van der Waals surface area contributed by atoms with Gasteiger partial charge in [0, 0.05) is 9.22 Å². The SMILES string of the molecule is Cc1cc(Br)cc(NC(=O)CSC(C)(C)C)c1N. The van der Waals surface area contributed by atoms with E-state index in [1.54, 1.807) is 11.8 Å². The van der Waals surface area contributed by atoms with Gasteiger partial charge in [0.25, 0.3) is 0 Å². The summed E-state index contributed by atoms with van der Waals surface area (Å²) >= 11 is 5.01. The van der Waals surface area contributed by atoms with E-state index in [9.17, 15) is 4.79 Å². The van der Waals surface area contributed by atoms with E-state index >= 15 is 0 Å². The van der Waals surface area contributed by atoms with Crippen molar-refractivity contribution in [3.63, 3.8) is 0 Å². The fraction of sp³-hybridized carbons (Fsp3) is 0.462. The smallest absolute Gasteiger partial charge is 0.234 e. The van der Waals surface area contributed by atoms with E-state index in [-0.39, 0.29) is 10.7 Å². The predicted molar refractivity (Wildman–Crippen MR) is 84.1 cm³/mol. The van der Waals surface area contributed by atoms with Crippen LogP contribution in [0.4, 0.5) is 11.4 Å². The fourth-order valence-electron chi connectivity index (χ4n) is 1.33. The summed E-state index contributed by atoms with van der Waals surface area (Å²) in [5, 5.41) is 2.85. The van der Waals surface area contributed by atoms with Crippen LogP contribution in [0.1, 0.15) is 26.3 Å². The van der Waals surface area contributed by atoms with Crippen molar-refractivity contribution >= 4 is 45.0 Å². The van der Waals surface area contributed by atoms with E-state index in [1.165, 1.54) is 0 Å². The molecule has 0 unspecified atom stereocenters. The third-order valence-corrected chi connectivity index (χ3v) is 3.99. The minimum absolute atomic E-state index is 0.0286. The minimum Gasteiger partial charge on any atom is -0.397 e. The van der Waals surface area contributed by atoms with Gasteiger partial charge in [0.1, 0.15) is 0 Å². The number of nitrogen functional groups attached to an aromatic ring is 1. The molecular formula is C13H19BrN2OS. The van der Waals surface area contributed by atoms with Crippen molar-refractivity contribution in [1.29, 1.82) is 0 Å². The number of amides is 1. The number of nitrogens with two attached hydrogens (primary N) is 1. The monoisotopic (exact) mass is 330 g/mol. The minimum atomic E-state index is -0.0286. The normalized spacial score (nSPS) is 11.4. The van der Waals surface area contributed by atoms with Crippen molar-refractivity contribution in [3.8, 4) is 0 Å². The van der Waals surface area contributed by atoms with Gasteiger partial charge in [-0.2, -0.15) is 0 Å². The average Bonchev–Trinajstić information content (AvgIpc) is 2.21. The maximum absolute atomic E-state index is 11.8. The fourth-order valence-corrected chi connectivity index (χ4v) is 2.53. The van der Waals surface area contributed by atoms with Gasteiger partial charge in [0.2, 0.25) is 5.91 Å². The molecule has 1 amide bonds. The highest BCUT2D eigenvalue weighted by Crippen LogP contribution is 2.28. The maximum Gasteiger partial charge on any atom is 0.234 e. The molecular weight excluding hydrogens is 312 g/mol. The molecule has 0 atom stereocenters. The molecule has 18 heavy (non-hydrogen) atoms. The lowest BCUT2D eigenvalue weighted by atomic mass is 10.2. The first kappa shape index (κ1) is 15.4. The topological polar surface area (TPSA) is 55.1 Å². The second kappa shape index (κ2) is 5.97. The van der Waals surface area contributed by atoms with Crippen molar-refractivity contribution in [2.75, 3.05) is 16.8 Å². The zero-order chi connectivity index (χ0) is 13.9. The highest BCUT2D eigenvalue weighted by molar-refractivity contribution is 9.10. The van der Waals surface area contributed by atoms with E-state index in [2.05, 4.69) is 42.0 Å². The number of nitrogens with one attached hydrogen (secondary N) is 1. The number of carbonyl (C=O) groups is 1. The summed E-state index contributed by atoms with van der Waals surface area (Å²) in [4.78, 5) is 11.8. The summed E-state index contributed by atoms with van der Waals surface area (Å²) < 4.78 is 0.990. The molecule has 0 saturated heterocycles. The van der Waals surface area contributed by atoms with Crippen molar-refractivity contribution in [2.24, 2.45) is 0 Å². The van der Waals surface area contributed by atoms with Crippen LogP contribution in [0.5, 0.6) is 0 Å². The second-order valence-electron chi connectivity index (χ2n) is 5.13. The number of halogens is 1. The zero-order valence-electron chi connectivity index (χ0n) is 11.1.